The van der Waals surface area contributed by atoms with Gasteiger partial charge in [0, 0.05) is 36.9 Å². The van der Waals surface area contributed by atoms with E-state index in [-0.39, 0.29) is 5.91 Å². The highest BCUT2D eigenvalue weighted by Gasteiger charge is 2.15. The van der Waals surface area contributed by atoms with Crippen LogP contribution in [-0.4, -0.2) is 41.8 Å². The number of unbranched alkanes of at least 4 members (excludes halogenated alkanes) is 2. The first kappa shape index (κ1) is 24.5. The Kier molecular flexibility index (Phi) is 8.90. The Balaban J connectivity index is 1.37. The van der Waals surface area contributed by atoms with Gasteiger partial charge in [-0.3, -0.25) is 9.36 Å². The predicted molar refractivity (Wildman–Crippen MR) is 140 cm³/mol. The van der Waals surface area contributed by atoms with Crippen LogP contribution in [-0.2, 0) is 9.53 Å². The first-order chi connectivity index (χ1) is 17.3. The molecule has 0 aliphatic heterocycles. The van der Waals surface area contributed by atoms with Gasteiger partial charge in [-0.1, -0.05) is 48.5 Å². The van der Waals surface area contributed by atoms with Crippen LogP contribution in [0.5, 0.6) is 5.75 Å². The zero-order chi connectivity index (χ0) is 24.3. The summed E-state index contributed by atoms with van der Waals surface area (Å²) in [6, 6.07) is 26.6. The number of carbonyl (C=O) groups is 1. The predicted octanol–water partition coefficient (Wildman–Crippen LogP) is 5.78. The van der Waals surface area contributed by atoms with Gasteiger partial charge in [0.05, 0.1) is 24.2 Å². The Morgan fingerprint density at radius 1 is 0.914 bits per heavy atom. The number of rotatable bonds is 13. The van der Waals surface area contributed by atoms with Crippen molar-refractivity contribution >= 4 is 16.9 Å². The molecule has 1 aromatic heterocycles. The van der Waals surface area contributed by atoms with E-state index in [9.17, 15) is 4.79 Å². The van der Waals surface area contributed by atoms with E-state index in [1.165, 1.54) is 0 Å². The van der Waals surface area contributed by atoms with Crippen molar-refractivity contribution in [1.82, 2.24) is 14.9 Å². The first-order valence-corrected chi connectivity index (χ1v) is 12.4. The minimum Gasteiger partial charge on any atom is -0.494 e. The molecule has 0 radical (unpaired) electrons. The summed E-state index contributed by atoms with van der Waals surface area (Å²) >= 11 is 0. The van der Waals surface area contributed by atoms with Crippen LogP contribution in [0, 0.1) is 0 Å². The molecule has 3 aromatic carbocycles. The van der Waals surface area contributed by atoms with Gasteiger partial charge in [-0.15, -0.1) is 0 Å². The van der Waals surface area contributed by atoms with Gasteiger partial charge in [0.2, 0.25) is 5.91 Å². The van der Waals surface area contributed by atoms with Crippen molar-refractivity contribution in [3.05, 3.63) is 78.9 Å². The molecule has 0 bridgehead atoms. The summed E-state index contributed by atoms with van der Waals surface area (Å²) in [6.07, 6.45) is 3.24. The summed E-state index contributed by atoms with van der Waals surface area (Å²) < 4.78 is 13.5. The van der Waals surface area contributed by atoms with Crippen molar-refractivity contribution in [3.8, 4) is 22.8 Å². The summed E-state index contributed by atoms with van der Waals surface area (Å²) in [5.74, 6) is 1.81. The molecule has 0 atom stereocenters. The molecular weight excluding hydrogens is 438 g/mol. The zero-order valence-corrected chi connectivity index (χ0v) is 20.3. The van der Waals surface area contributed by atoms with Crippen LogP contribution in [0.3, 0.4) is 0 Å². The van der Waals surface area contributed by atoms with Crippen molar-refractivity contribution in [1.29, 1.82) is 0 Å². The fourth-order valence-electron chi connectivity index (χ4n) is 4.01. The van der Waals surface area contributed by atoms with Gasteiger partial charge in [0.1, 0.15) is 11.6 Å². The first-order valence-electron chi connectivity index (χ1n) is 12.4. The topological polar surface area (TPSA) is 65.4 Å². The molecule has 4 rings (SSSR count). The van der Waals surface area contributed by atoms with Crippen molar-refractivity contribution in [3.63, 3.8) is 0 Å². The fraction of sp³-hybridized carbons (Fsp3) is 0.310. The number of aromatic nitrogens is 2. The minimum absolute atomic E-state index is 0.0828. The molecule has 35 heavy (non-hydrogen) atoms. The third-order valence-electron chi connectivity index (χ3n) is 5.76. The molecule has 182 valence electrons. The number of nitrogens with one attached hydrogen (secondary N) is 1. The molecule has 0 saturated heterocycles. The van der Waals surface area contributed by atoms with Crippen LogP contribution in [0.15, 0.2) is 78.9 Å². The van der Waals surface area contributed by atoms with Gasteiger partial charge in [-0.25, -0.2) is 4.98 Å². The van der Waals surface area contributed by atoms with E-state index in [1.54, 1.807) is 0 Å². The van der Waals surface area contributed by atoms with Gasteiger partial charge in [-0.2, -0.15) is 0 Å². The molecule has 1 heterocycles. The fourth-order valence-corrected chi connectivity index (χ4v) is 4.01. The average molecular weight is 472 g/mol. The maximum atomic E-state index is 11.8. The Morgan fingerprint density at radius 2 is 1.69 bits per heavy atom. The molecule has 0 aliphatic carbocycles. The van der Waals surface area contributed by atoms with E-state index < -0.39 is 0 Å². The van der Waals surface area contributed by atoms with Crippen LogP contribution in [0.1, 0.15) is 32.6 Å². The second-order valence-corrected chi connectivity index (χ2v) is 8.33. The summed E-state index contributed by atoms with van der Waals surface area (Å²) in [4.78, 5) is 16.8. The smallest absolute Gasteiger partial charge is 0.220 e. The highest BCUT2D eigenvalue weighted by atomic mass is 16.5. The number of imidazole rings is 1. The number of benzene rings is 3. The molecule has 1 amide bonds. The van der Waals surface area contributed by atoms with Crippen LogP contribution >= 0.6 is 0 Å². The van der Waals surface area contributed by atoms with E-state index in [2.05, 4.69) is 40.2 Å². The molecule has 1 N–H and O–H groups in total. The number of para-hydroxylation sites is 1. The lowest BCUT2D eigenvalue weighted by molar-refractivity contribution is -0.121. The number of fused-ring (bicyclic) bond motifs is 1. The second-order valence-electron chi connectivity index (χ2n) is 8.33. The van der Waals surface area contributed by atoms with Crippen molar-refractivity contribution in [2.75, 3.05) is 26.4 Å². The van der Waals surface area contributed by atoms with E-state index >= 15 is 0 Å². The largest absolute Gasteiger partial charge is 0.494 e. The monoisotopic (exact) mass is 471 g/mol. The van der Waals surface area contributed by atoms with Crippen LogP contribution < -0.4 is 10.1 Å². The molecular formula is C29H33N3O3. The lowest BCUT2D eigenvalue weighted by Gasteiger charge is -2.11. The molecule has 6 nitrogen and oxygen atoms in total. The summed E-state index contributed by atoms with van der Waals surface area (Å²) in [6.45, 7) is 4.37. The minimum atomic E-state index is 0.0828. The highest BCUT2D eigenvalue weighted by Crippen LogP contribution is 2.30. The lowest BCUT2D eigenvalue weighted by atomic mass is 10.2. The zero-order valence-electron chi connectivity index (χ0n) is 20.3. The summed E-state index contributed by atoms with van der Waals surface area (Å²) in [5.41, 5.74) is 4.06. The Labute approximate surface area is 206 Å². The molecule has 0 spiro atoms. The van der Waals surface area contributed by atoms with E-state index in [0.29, 0.717) is 32.8 Å². The van der Waals surface area contributed by atoms with E-state index in [0.717, 1.165) is 53.1 Å². The third-order valence-corrected chi connectivity index (χ3v) is 5.76. The maximum absolute atomic E-state index is 11.8. The highest BCUT2D eigenvalue weighted by molar-refractivity contribution is 5.84. The number of hydrogen-bond acceptors (Lipinski definition) is 4. The Morgan fingerprint density at radius 3 is 2.46 bits per heavy atom. The normalized spacial score (nSPS) is 11.0. The SMILES string of the molecule is CCOCCNC(=O)CCCCCOc1ccc2nc(-c3ccccc3)n(-c3ccccc3)c2c1. The quantitative estimate of drug-likeness (QED) is 0.251. The van der Waals surface area contributed by atoms with E-state index in [4.69, 9.17) is 14.5 Å². The maximum Gasteiger partial charge on any atom is 0.220 e. The lowest BCUT2D eigenvalue weighted by Crippen LogP contribution is -2.26. The van der Waals surface area contributed by atoms with Gasteiger partial charge in [0.25, 0.3) is 0 Å². The number of amides is 1. The van der Waals surface area contributed by atoms with Gasteiger partial charge < -0.3 is 14.8 Å². The standard InChI is InChI=1S/C29H33N3O3/c1-2-34-21-19-30-28(33)16-10-5-11-20-35-25-17-18-26-27(22-25)32(24-14-8-4-9-15-24)29(31-26)23-12-6-3-7-13-23/h3-4,6-9,12-15,17-18,22H,2,5,10-11,16,19-21H2,1H3,(H,30,33). The molecule has 0 fully saturated rings. The van der Waals surface area contributed by atoms with Crippen molar-refractivity contribution in [2.24, 2.45) is 0 Å². The van der Waals surface area contributed by atoms with Gasteiger partial charge in [-0.05, 0) is 50.5 Å². The Hall–Kier alpha value is -3.64. The molecule has 6 heteroatoms. The molecule has 0 unspecified atom stereocenters. The molecule has 0 saturated carbocycles. The summed E-state index contributed by atoms with van der Waals surface area (Å²) in [5, 5.41) is 2.88. The second kappa shape index (κ2) is 12.7. The van der Waals surface area contributed by atoms with E-state index in [1.807, 2.05) is 55.5 Å². The Bertz CT molecular complexity index is 1210. The van der Waals surface area contributed by atoms with Gasteiger partial charge >= 0.3 is 0 Å². The number of hydrogen-bond donors (Lipinski definition) is 1. The molecule has 0 aliphatic rings. The molecule has 4 aromatic rings. The van der Waals surface area contributed by atoms with Crippen molar-refractivity contribution in [2.45, 2.75) is 32.6 Å². The van der Waals surface area contributed by atoms with Crippen LogP contribution in [0.4, 0.5) is 0 Å². The summed E-state index contributed by atoms with van der Waals surface area (Å²) in [7, 11) is 0. The van der Waals surface area contributed by atoms with Crippen molar-refractivity contribution < 1.29 is 14.3 Å². The number of ether oxygens (including phenoxy) is 2. The van der Waals surface area contributed by atoms with Gasteiger partial charge in [0.15, 0.2) is 0 Å². The van der Waals surface area contributed by atoms with Crippen LogP contribution in [0.2, 0.25) is 0 Å². The van der Waals surface area contributed by atoms with Crippen LogP contribution in [0.25, 0.3) is 28.1 Å². The third kappa shape index (κ3) is 6.70. The number of nitrogens with zero attached hydrogens (tertiary/aromatic N) is 2. The number of carbonyl (C=O) groups excluding carboxylic acids is 1. The average Bonchev–Trinajstić information content (AvgIpc) is 3.28.